The summed E-state index contributed by atoms with van der Waals surface area (Å²) in [7, 11) is 6.21. The minimum atomic E-state index is -0.852. The van der Waals surface area contributed by atoms with Crippen LogP contribution in [0.15, 0.2) is 90.6 Å². The van der Waals surface area contributed by atoms with E-state index >= 15 is 0 Å². The molecular formula is C45H56N8O6. The van der Waals surface area contributed by atoms with Crippen molar-refractivity contribution in [1.29, 1.82) is 0 Å². The molecule has 3 heterocycles. The third-order valence-electron chi connectivity index (χ3n) is 11.7. The summed E-state index contributed by atoms with van der Waals surface area (Å²) in [6, 6.07) is 19.3. The minimum absolute atomic E-state index is 0.181. The van der Waals surface area contributed by atoms with Crippen LogP contribution in [0, 0.1) is 17.8 Å². The number of hydrogen-bond donors (Lipinski definition) is 4. The van der Waals surface area contributed by atoms with Crippen LogP contribution >= 0.6 is 0 Å². The van der Waals surface area contributed by atoms with Gasteiger partial charge in [-0.15, -0.1) is 0 Å². The van der Waals surface area contributed by atoms with Gasteiger partial charge in [0.2, 0.25) is 17.7 Å². The maximum Gasteiger partial charge on any atom is 0.407 e. The zero-order valence-corrected chi connectivity index (χ0v) is 34.5. The number of hydrogen-bond acceptors (Lipinski definition) is 10. The number of imidazole rings is 1. The fourth-order valence-corrected chi connectivity index (χ4v) is 8.22. The molecule has 0 spiro atoms. The Morgan fingerprint density at radius 3 is 2.29 bits per heavy atom. The van der Waals surface area contributed by atoms with Crippen molar-refractivity contribution < 1.29 is 28.6 Å². The Hall–Kier alpha value is -6.02. The number of fused-ring (bicyclic) bond motifs is 2. The first-order valence-corrected chi connectivity index (χ1v) is 20.3. The highest BCUT2D eigenvalue weighted by molar-refractivity contribution is 5.89. The van der Waals surface area contributed by atoms with Crippen LogP contribution in [-0.4, -0.2) is 97.1 Å². The lowest BCUT2D eigenvalue weighted by Crippen LogP contribution is -2.55. The summed E-state index contributed by atoms with van der Waals surface area (Å²) < 4.78 is 15.0. The van der Waals surface area contributed by atoms with Crippen LogP contribution in [0.3, 0.4) is 0 Å². The van der Waals surface area contributed by atoms with Crippen molar-refractivity contribution >= 4 is 29.8 Å². The lowest BCUT2D eigenvalue weighted by molar-refractivity contribution is -0.136. The quantitative estimate of drug-likeness (QED) is 0.108. The van der Waals surface area contributed by atoms with Crippen molar-refractivity contribution in [3.63, 3.8) is 0 Å². The van der Waals surface area contributed by atoms with Crippen LogP contribution in [0.5, 0.6) is 5.88 Å². The van der Waals surface area contributed by atoms with Gasteiger partial charge in [0, 0.05) is 51.6 Å². The first-order valence-electron chi connectivity index (χ1n) is 20.3. The van der Waals surface area contributed by atoms with Crippen molar-refractivity contribution in [2.75, 3.05) is 34.9 Å². The summed E-state index contributed by atoms with van der Waals surface area (Å²) >= 11 is 0. The molecule has 3 fully saturated rings. The van der Waals surface area contributed by atoms with E-state index in [4.69, 9.17) is 14.2 Å². The van der Waals surface area contributed by atoms with Gasteiger partial charge in [0.15, 0.2) is 0 Å². The van der Waals surface area contributed by atoms with Gasteiger partial charge >= 0.3 is 6.09 Å². The number of rotatable bonds is 14. The number of ether oxygens (including phenoxy) is 3. The van der Waals surface area contributed by atoms with Gasteiger partial charge in [-0.25, -0.2) is 14.8 Å². The number of pyridine rings is 1. The molecule has 2 aromatic heterocycles. The van der Waals surface area contributed by atoms with E-state index in [1.54, 1.807) is 50.1 Å². The summed E-state index contributed by atoms with van der Waals surface area (Å²) in [5.41, 5.74) is 7.16. The second kappa shape index (κ2) is 20.6. The lowest BCUT2D eigenvalue weighted by atomic mass is 9.88. The molecule has 6 unspecified atom stereocenters. The number of amides is 3. The molecule has 0 radical (unpaired) electrons. The highest BCUT2D eigenvalue weighted by Crippen LogP contribution is 2.48. The molecule has 14 nitrogen and oxygen atoms in total. The Morgan fingerprint density at radius 2 is 1.69 bits per heavy atom. The Bertz CT molecular complexity index is 2040. The second-order valence-electron chi connectivity index (χ2n) is 15.2. The Balaban J connectivity index is 0.000000255. The number of alkyl carbamates (subject to hydrolysis) is 1. The van der Waals surface area contributed by atoms with E-state index in [0.29, 0.717) is 24.9 Å². The molecule has 4 N–H and O–H groups in total. The van der Waals surface area contributed by atoms with Crippen LogP contribution in [0.1, 0.15) is 56.6 Å². The first kappa shape index (κ1) is 42.6. The number of aliphatic imine (C=N–C) groups is 1. The van der Waals surface area contributed by atoms with E-state index in [1.165, 1.54) is 33.5 Å². The maximum atomic E-state index is 13.3. The third-order valence-corrected chi connectivity index (χ3v) is 11.7. The predicted octanol–water partition coefficient (Wildman–Crippen LogP) is 6.23. The fraction of sp³-hybridized carbons (Fsp3) is 0.422. The normalized spacial score (nSPS) is 20.7. The number of aromatic amines is 1. The highest BCUT2D eigenvalue weighted by atomic mass is 16.5. The van der Waals surface area contributed by atoms with Crippen molar-refractivity contribution in [2.45, 2.75) is 70.2 Å². The van der Waals surface area contributed by atoms with E-state index in [9.17, 15) is 14.4 Å². The van der Waals surface area contributed by atoms with Crippen molar-refractivity contribution in [3.8, 4) is 28.3 Å². The molecule has 2 bridgehead atoms. The number of benzene rings is 2. The topological polar surface area (TPSA) is 172 Å². The molecule has 1 aliphatic heterocycles. The van der Waals surface area contributed by atoms with Gasteiger partial charge in [0.25, 0.3) is 0 Å². The van der Waals surface area contributed by atoms with Crippen LogP contribution in [0.2, 0.25) is 0 Å². The Kier molecular flexibility index (Phi) is 14.9. The summed E-state index contributed by atoms with van der Waals surface area (Å²) in [6.07, 6.45) is 14.2. The Labute approximate surface area is 346 Å². The van der Waals surface area contributed by atoms with E-state index in [2.05, 4.69) is 84.4 Å². The molecule has 1 saturated heterocycles. The van der Waals surface area contributed by atoms with Gasteiger partial charge in [-0.1, -0.05) is 61.0 Å². The predicted molar refractivity (Wildman–Crippen MR) is 227 cm³/mol. The van der Waals surface area contributed by atoms with Gasteiger partial charge in [0.05, 0.1) is 56.5 Å². The van der Waals surface area contributed by atoms with Gasteiger partial charge in [-0.3, -0.25) is 14.6 Å². The van der Waals surface area contributed by atoms with Crippen LogP contribution in [0.4, 0.5) is 4.79 Å². The average Bonchev–Trinajstić information content (AvgIpc) is 4.14. The SMILES string of the molecule is CN/C(=C\N=CC1CCCN1C(=O)C(NC(=O)OC)C(C)OC)c1ccc(-c2ccc(-c3cnc[nH]3)cc2)cc1.COc1ccc(CNC(=O)C2CC3CCC2C3)cn1. The van der Waals surface area contributed by atoms with Crippen LogP contribution in [0.25, 0.3) is 28.1 Å². The maximum absolute atomic E-state index is 13.3. The first-order chi connectivity index (χ1) is 28.7. The zero-order chi connectivity index (χ0) is 41.7. The molecule has 4 aromatic rings. The van der Waals surface area contributed by atoms with Gasteiger partial charge in [-0.05, 0) is 78.7 Å². The highest BCUT2D eigenvalue weighted by Gasteiger charge is 2.43. The van der Waals surface area contributed by atoms with Crippen molar-refractivity contribution in [2.24, 2.45) is 22.7 Å². The fourth-order valence-electron chi connectivity index (χ4n) is 8.22. The standard InChI is InChI=1S/C30H36N6O4.C15H20N2O2/c1-20(39-3)28(35-30(38)40-4)29(37)36-15-5-6-25(36)16-32-17-26(31-2)23-11-7-21(8-12-23)22-9-13-24(14-10-22)27-18-33-19-34-27;1-19-14-5-3-11(8-16-14)9-17-15(18)13-7-10-2-4-12(13)6-10/h7-14,16-20,25,28,31H,5-6,15H2,1-4H3,(H,33,34)(H,35,38);3,5,8,10,12-13H,2,4,6-7,9H2,1H3,(H,17,18)/b26-17-,32-16?;. The van der Waals surface area contributed by atoms with Crippen molar-refractivity contribution in [3.05, 3.63) is 96.7 Å². The number of nitrogens with zero attached hydrogens (tertiary/aromatic N) is 4. The number of H-pyrrole nitrogens is 1. The largest absolute Gasteiger partial charge is 0.481 e. The number of carbonyl (C=O) groups is 3. The monoisotopic (exact) mass is 804 g/mol. The number of likely N-dealkylation sites (tertiary alicyclic amines) is 1. The average molecular weight is 805 g/mol. The summed E-state index contributed by atoms with van der Waals surface area (Å²) in [5.74, 6) is 2.30. The minimum Gasteiger partial charge on any atom is -0.481 e. The molecule has 2 aromatic carbocycles. The summed E-state index contributed by atoms with van der Waals surface area (Å²) in [4.78, 5) is 54.9. The molecule has 2 aliphatic carbocycles. The molecule has 2 saturated carbocycles. The van der Waals surface area contributed by atoms with Gasteiger partial charge < -0.3 is 40.0 Å². The van der Waals surface area contributed by atoms with Gasteiger partial charge in [-0.2, -0.15) is 0 Å². The number of aromatic nitrogens is 3. The van der Waals surface area contributed by atoms with E-state index < -0.39 is 18.2 Å². The third kappa shape index (κ3) is 10.9. The molecule has 7 rings (SSSR count). The van der Waals surface area contributed by atoms with E-state index in [-0.39, 0.29) is 23.8 Å². The lowest BCUT2D eigenvalue weighted by Gasteiger charge is -2.29. The van der Waals surface area contributed by atoms with Crippen molar-refractivity contribution in [1.82, 2.24) is 35.8 Å². The molecule has 14 heteroatoms. The number of nitrogens with one attached hydrogen (secondary N) is 4. The number of methoxy groups -OCH3 is 3. The smallest absolute Gasteiger partial charge is 0.407 e. The van der Waals surface area contributed by atoms with Crippen LogP contribution in [-0.2, 0) is 25.6 Å². The molecular weight excluding hydrogens is 749 g/mol. The van der Waals surface area contributed by atoms with Crippen LogP contribution < -0.4 is 20.7 Å². The van der Waals surface area contributed by atoms with E-state index in [1.807, 2.05) is 19.2 Å². The molecule has 59 heavy (non-hydrogen) atoms. The molecule has 6 atom stereocenters. The zero-order valence-electron chi connectivity index (χ0n) is 34.5. The van der Waals surface area contributed by atoms with E-state index in [0.717, 1.165) is 64.4 Å². The Morgan fingerprint density at radius 1 is 0.949 bits per heavy atom. The summed E-state index contributed by atoms with van der Waals surface area (Å²) in [6.45, 7) is 2.88. The van der Waals surface area contributed by atoms with Gasteiger partial charge in [0.1, 0.15) is 6.04 Å². The number of carbonyl (C=O) groups excluding carboxylic acids is 3. The second-order valence-corrected chi connectivity index (χ2v) is 15.2. The summed E-state index contributed by atoms with van der Waals surface area (Å²) in [5, 5.41) is 8.85. The molecule has 3 aliphatic rings. The molecule has 3 amide bonds. The molecule has 312 valence electrons.